The number of H-pyrrole nitrogens is 1. The van der Waals surface area contributed by atoms with Gasteiger partial charge in [-0.3, -0.25) is 4.79 Å². The molecular formula is C24H25FN6O5. The standard InChI is InChI=1S/C24H25FN6O5/c1-24(21(32)36-22(26)33)11-34-20(35-12-24)19-30-17(14-4-6-15(25)7-5-14)18(31-19)16-8-9-27-23(29-16)28-10-13-2-3-13/h4-9,13,20H,2-3,10-12H2,1H3,(H2,26,33)(H,30,31)(H,27,28,29). The van der Waals surface area contributed by atoms with Crippen molar-refractivity contribution in [2.75, 3.05) is 25.1 Å². The third kappa shape index (κ3) is 5.19. The van der Waals surface area contributed by atoms with Gasteiger partial charge in [-0.1, -0.05) is 0 Å². The fourth-order valence-electron chi connectivity index (χ4n) is 3.75. The molecule has 1 amide bonds. The normalized spacial score (nSPS) is 21.7. The maximum absolute atomic E-state index is 13.6. The van der Waals surface area contributed by atoms with Crippen LogP contribution in [0.2, 0.25) is 0 Å². The molecule has 0 bridgehead atoms. The Hall–Kier alpha value is -3.90. The zero-order valence-corrected chi connectivity index (χ0v) is 19.5. The number of carbonyl (C=O) groups is 2. The maximum Gasteiger partial charge on any atom is 0.412 e. The van der Waals surface area contributed by atoms with Crippen molar-refractivity contribution in [2.24, 2.45) is 17.1 Å². The number of anilines is 1. The summed E-state index contributed by atoms with van der Waals surface area (Å²) in [7, 11) is 0. The molecule has 1 aromatic carbocycles. The molecule has 1 aliphatic heterocycles. The summed E-state index contributed by atoms with van der Waals surface area (Å²) in [6, 6.07) is 7.67. The summed E-state index contributed by atoms with van der Waals surface area (Å²) in [5.41, 5.74) is 6.06. The molecule has 11 nitrogen and oxygen atoms in total. The number of nitrogens with zero attached hydrogens (tertiary/aromatic N) is 3. The lowest BCUT2D eigenvalue weighted by molar-refractivity contribution is -0.236. The number of halogens is 1. The molecule has 2 aromatic heterocycles. The van der Waals surface area contributed by atoms with Gasteiger partial charge in [-0.05, 0) is 56.0 Å². The predicted molar refractivity (Wildman–Crippen MR) is 125 cm³/mol. The second kappa shape index (κ2) is 9.63. The van der Waals surface area contributed by atoms with Crippen LogP contribution in [0.15, 0.2) is 36.5 Å². The lowest BCUT2D eigenvalue weighted by atomic mass is 9.92. The van der Waals surface area contributed by atoms with E-state index < -0.39 is 23.8 Å². The van der Waals surface area contributed by atoms with Crippen molar-refractivity contribution in [3.63, 3.8) is 0 Å². The number of amides is 1. The SMILES string of the molecule is CC1(C(=O)OC(N)=O)COC(c2nc(-c3ccc(F)cc3)c(-c3ccnc(NCC4CC4)n3)[nH]2)OC1. The zero-order chi connectivity index (χ0) is 25.3. The molecule has 188 valence electrons. The summed E-state index contributed by atoms with van der Waals surface area (Å²) in [6.45, 7) is 2.18. The molecule has 3 heterocycles. The Bertz CT molecular complexity index is 1270. The van der Waals surface area contributed by atoms with Crippen LogP contribution in [0.4, 0.5) is 15.1 Å². The number of carbonyl (C=O) groups excluding carboxylic acids is 2. The lowest BCUT2D eigenvalue weighted by Crippen LogP contribution is -2.45. The van der Waals surface area contributed by atoms with E-state index in [1.807, 2.05) is 0 Å². The first kappa shape index (κ1) is 23.8. The molecule has 12 heteroatoms. The van der Waals surface area contributed by atoms with Crippen LogP contribution < -0.4 is 11.1 Å². The van der Waals surface area contributed by atoms with Crippen LogP contribution in [0.25, 0.3) is 22.6 Å². The minimum Gasteiger partial charge on any atom is -0.376 e. The van der Waals surface area contributed by atoms with Gasteiger partial charge in [-0.25, -0.2) is 24.1 Å². The van der Waals surface area contributed by atoms with E-state index in [9.17, 15) is 14.0 Å². The van der Waals surface area contributed by atoms with Crippen LogP contribution in [0.5, 0.6) is 0 Å². The molecule has 2 aliphatic rings. The number of hydrogen-bond donors (Lipinski definition) is 3. The van der Waals surface area contributed by atoms with Gasteiger partial charge in [0.25, 0.3) is 0 Å². The molecule has 4 N–H and O–H groups in total. The number of imidazole rings is 1. The first-order valence-corrected chi connectivity index (χ1v) is 11.5. The Kier molecular flexibility index (Phi) is 6.37. The van der Waals surface area contributed by atoms with Crippen molar-refractivity contribution in [3.8, 4) is 22.6 Å². The summed E-state index contributed by atoms with van der Waals surface area (Å²) < 4.78 is 29.6. The third-order valence-electron chi connectivity index (χ3n) is 6.01. The minimum absolute atomic E-state index is 0.0889. The Balaban J connectivity index is 1.42. The number of rotatable bonds is 7. The van der Waals surface area contributed by atoms with Gasteiger partial charge in [-0.15, -0.1) is 0 Å². The van der Waals surface area contributed by atoms with E-state index in [1.165, 1.54) is 25.0 Å². The van der Waals surface area contributed by atoms with Gasteiger partial charge < -0.3 is 30.2 Å². The molecule has 0 atom stereocenters. The van der Waals surface area contributed by atoms with Crippen molar-refractivity contribution in [3.05, 3.63) is 48.2 Å². The van der Waals surface area contributed by atoms with Gasteiger partial charge in [0, 0.05) is 18.3 Å². The van der Waals surface area contributed by atoms with Gasteiger partial charge in [0.15, 0.2) is 5.82 Å². The number of aromatic nitrogens is 4. The molecule has 1 saturated carbocycles. The first-order valence-electron chi connectivity index (χ1n) is 11.5. The van der Waals surface area contributed by atoms with E-state index in [4.69, 9.17) is 15.2 Å². The number of hydrogen-bond acceptors (Lipinski definition) is 9. The highest BCUT2D eigenvalue weighted by Gasteiger charge is 2.43. The smallest absolute Gasteiger partial charge is 0.376 e. The number of esters is 1. The number of nitrogens with one attached hydrogen (secondary N) is 2. The fraction of sp³-hybridized carbons (Fsp3) is 0.375. The van der Waals surface area contributed by atoms with Crippen LogP contribution in [0.3, 0.4) is 0 Å². The average molecular weight is 496 g/mol. The molecule has 1 aliphatic carbocycles. The quantitative estimate of drug-likeness (QED) is 0.330. The number of nitrogens with two attached hydrogens (primary N) is 1. The summed E-state index contributed by atoms with van der Waals surface area (Å²) >= 11 is 0. The van der Waals surface area contributed by atoms with E-state index in [0.29, 0.717) is 40.3 Å². The van der Waals surface area contributed by atoms with Crippen molar-refractivity contribution in [1.82, 2.24) is 19.9 Å². The zero-order valence-electron chi connectivity index (χ0n) is 19.5. The minimum atomic E-state index is -1.21. The monoisotopic (exact) mass is 496 g/mol. The fourth-order valence-corrected chi connectivity index (χ4v) is 3.75. The van der Waals surface area contributed by atoms with E-state index in [0.717, 1.165) is 6.54 Å². The van der Waals surface area contributed by atoms with E-state index in [1.54, 1.807) is 31.3 Å². The average Bonchev–Trinajstić information content (AvgIpc) is 3.60. The summed E-state index contributed by atoms with van der Waals surface area (Å²) in [5, 5.41) is 3.25. The molecule has 5 rings (SSSR count). The molecule has 0 unspecified atom stereocenters. The van der Waals surface area contributed by atoms with Crippen LogP contribution in [-0.2, 0) is 19.0 Å². The molecule has 0 spiro atoms. The number of primary amides is 1. The summed E-state index contributed by atoms with van der Waals surface area (Å²) in [4.78, 5) is 40.0. The van der Waals surface area contributed by atoms with Gasteiger partial charge in [0.1, 0.15) is 11.2 Å². The van der Waals surface area contributed by atoms with Crippen molar-refractivity contribution >= 4 is 18.0 Å². The van der Waals surface area contributed by atoms with Crippen LogP contribution >= 0.6 is 0 Å². The van der Waals surface area contributed by atoms with Crippen molar-refractivity contribution in [2.45, 2.75) is 26.1 Å². The van der Waals surface area contributed by atoms with Crippen LogP contribution in [-0.4, -0.2) is 51.8 Å². The second-order valence-corrected chi connectivity index (χ2v) is 9.17. The summed E-state index contributed by atoms with van der Waals surface area (Å²) in [5.74, 6) is 0.270. The topological polar surface area (TPSA) is 154 Å². The van der Waals surface area contributed by atoms with Crippen molar-refractivity contribution in [1.29, 1.82) is 0 Å². The molecule has 36 heavy (non-hydrogen) atoms. The highest BCUT2D eigenvalue weighted by Crippen LogP contribution is 2.36. The third-order valence-corrected chi connectivity index (χ3v) is 6.01. The molecular weight excluding hydrogens is 471 g/mol. The van der Waals surface area contributed by atoms with Crippen molar-refractivity contribution < 1.29 is 28.2 Å². The highest BCUT2D eigenvalue weighted by atomic mass is 19.1. The van der Waals surface area contributed by atoms with E-state index in [-0.39, 0.29) is 19.0 Å². The lowest BCUT2D eigenvalue weighted by Gasteiger charge is -2.34. The molecule has 2 fully saturated rings. The number of benzene rings is 1. The van der Waals surface area contributed by atoms with E-state index in [2.05, 4.69) is 30.0 Å². The van der Waals surface area contributed by atoms with E-state index >= 15 is 0 Å². The van der Waals surface area contributed by atoms with Crippen LogP contribution in [0.1, 0.15) is 31.9 Å². The Morgan fingerprint density at radius 2 is 1.92 bits per heavy atom. The Morgan fingerprint density at radius 3 is 2.58 bits per heavy atom. The Morgan fingerprint density at radius 1 is 1.19 bits per heavy atom. The molecule has 1 saturated heterocycles. The van der Waals surface area contributed by atoms with Gasteiger partial charge >= 0.3 is 12.1 Å². The second-order valence-electron chi connectivity index (χ2n) is 9.17. The molecule has 0 radical (unpaired) electrons. The van der Waals surface area contributed by atoms with Gasteiger partial charge in [0.2, 0.25) is 12.2 Å². The van der Waals surface area contributed by atoms with Crippen LogP contribution in [0, 0.1) is 17.2 Å². The summed E-state index contributed by atoms with van der Waals surface area (Å²) in [6.07, 6.45) is 1.92. The number of aromatic amines is 1. The Labute approximate surface area is 205 Å². The largest absolute Gasteiger partial charge is 0.412 e. The number of ether oxygens (including phenoxy) is 3. The van der Waals surface area contributed by atoms with Gasteiger partial charge in [0.05, 0.1) is 30.3 Å². The molecule has 3 aromatic rings. The maximum atomic E-state index is 13.6. The predicted octanol–water partition coefficient (Wildman–Crippen LogP) is 3.17. The highest BCUT2D eigenvalue weighted by molar-refractivity contribution is 5.87. The first-order chi connectivity index (χ1) is 17.3. The van der Waals surface area contributed by atoms with Gasteiger partial charge in [-0.2, -0.15) is 0 Å².